The molecule has 1 heterocycles. The van der Waals surface area contributed by atoms with Crippen LogP contribution in [0, 0.1) is 11.3 Å². The van der Waals surface area contributed by atoms with Crippen molar-refractivity contribution in [2.45, 2.75) is 38.3 Å². The van der Waals surface area contributed by atoms with Crippen molar-refractivity contribution in [3.8, 4) is 6.07 Å². The molecule has 86 valence electrons. The molecular formula is C11H20N2O2. The van der Waals surface area contributed by atoms with Crippen molar-refractivity contribution in [3.05, 3.63) is 0 Å². The number of hydrogen-bond donors (Lipinski definition) is 1. The van der Waals surface area contributed by atoms with Gasteiger partial charge in [0, 0.05) is 13.2 Å². The molecule has 4 nitrogen and oxygen atoms in total. The van der Waals surface area contributed by atoms with Crippen molar-refractivity contribution in [2.75, 3.05) is 26.4 Å². The van der Waals surface area contributed by atoms with Gasteiger partial charge in [-0.15, -0.1) is 0 Å². The lowest BCUT2D eigenvalue weighted by atomic mass is 10.1. The van der Waals surface area contributed by atoms with Crippen molar-refractivity contribution < 1.29 is 9.47 Å². The zero-order valence-corrected chi connectivity index (χ0v) is 9.37. The summed E-state index contributed by atoms with van der Waals surface area (Å²) < 4.78 is 10.9. The molecule has 0 aromatic carbocycles. The maximum absolute atomic E-state index is 8.86. The smallest absolute Gasteiger partial charge is 0.119 e. The lowest BCUT2D eigenvalue weighted by Gasteiger charge is -2.23. The molecule has 0 bridgehead atoms. The molecule has 0 amide bonds. The molecule has 0 aromatic rings. The second kappa shape index (κ2) is 7.63. The molecule has 1 fully saturated rings. The third-order valence-electron chi connectivity index (χ3n) is 2.46. The number of nitriles is 1. The molecule has 0 aromatic heterocycles. The molecule has 1 rings (SSSR count). The van der Waals surface area contributed by atoms with Crippen LogP contribution in [-0.2, 0) is 9.47 Å². The van der Waals surface area contributed by atoms with Crippen LogP contribution in [0.4, 0.5) is 0 Å². The highest BCUT2D eigenvalue weighted by atomic mass is 16.5. The SMILES string of the molecule is CCCNC(C#N)COC1CCOCC1. The van der Waals surface area contributed by atoms with E-state index in [1.54, 1.807) is 0 Å². The summed E-state index contributed by atoms with van der Waals surface area (Å²) in [5.41, 5.74) is 0. The Morgan fingerprint density at radius 2 is 2.27 bits per heavy atom. The summed E-state index contributed by atoms with van der Waals surface area (Å²) in [7, 11) is 0. The van der Waals surface area contributed by atoms with Gasteiger partial charge in [-0.2, -0.15) is 5.26 Å². The summed E-state index contributed by atoms with van der Waals surface area (Å²) in [5.74, 6) is 0. The van der Waals surface area contributed by atoms with E-state index in [0.717, 1.165) is 39.0 Å². The van der Waals surface area contributed by atoms with Crippen LogP contribution in [-0.4, -0.2) is 38.5 Å². The van der Waals surface area contributed by atoms with Crippen LogP contribution in [0.2, 0.25) is 0 Å². The highest BCUT2D eigenvalue weighted by molar-refractivity contribution is 4.89. The van der Waals surface area contributed by atoms with Gasteiger partial charge in [0.2, 0.25) is 0 Å². The maximum Gasteiger partial charge on any atom is 0.119 e. The Morgan fingerprint density at radius 3 is 2.87 bits per heavy atom. The predicted octanol–water partition coefficient (Wildman–Crippen LogP) is 1.07. The van der Waals surface area contributed by atoms with Crippen molar-refractivity contribution >= 4 is 0 Å². The zero-order chi connectivity index (χ0) is 10.9. The quantitative estimate of drug-likeness (QED) is 0.715. The fourth-order valence-corrected chi connectivity index (χ4v) is 1.54. The van der Waals surface area contributed by atoms with Crippen LogP contribution >= 0.6 is 0 Å². The fourth-order valence-electron chi connectivity index (χ4n) is 1.54. The number of nitrogens with one attached hydrogen (secondary N) is 1. The molecule has 1 aliphatic rings. The summed E-state index contributed by atoms with van der Waals surface area (Å²) >= 11 is 0. The Kier molecular flexibility index (Phi) is 6.33. The summed E-state index contributed by atoms with van der Waals surface area (Å²) in [5, 5.41) is 12.0. The standard InChI is InChI=1S/C11H20N2O2/c1-2-5-13-10(8-12)9-15-11-3-6-14-7-4-11/h10-11,13H,2-7,9H2,1H3. The van der Waals surface area contributed by atoms with Crippen molar-refractivity contribution in [1.29, 1.82) is 5.26 Å². The molecule has 0 aliphatic carbocycles. The molecule has 1 aliphatic heterocycles. The molecule has 4 heteroatoms. The number of nitrogens with zero attached hydrogens (tertiary/aromatic N) is 1. The molecule has 15 heavy (non-hydrogen) atoms. The Hall–Kier alpha value is -0.630. The van der Waals surface area contributed by atoms with E-state index in [9.17, 15) is 0 Å². The van der Waals surface area contributed by atoms with Gasteiger partial charge in [-0.25, -0.2) is 0 Å². The molecule has 0 spiro atoms. The average Bonchev–Trinajstić information content (AvgIpc) is 2.31. The van der Waals surface area contributed by atoms with Gasteiger partial charge in [-0.3, -0.25) is 0 Å². The van der Waals surface area contributed by atoms with E-state index < -0.39 is 0 Å². The van der Waals surface area contributed by atoms with Crippen molar-refractivity contribution in [3.63, 3.8) is 0 Å². The van der Waals surface area contributed by atoms with E-state index in [4.69, 9.17) is 14.7 Å². The molecule has 1 unspecified atom stereocenters. The van der Waals surface area contributed by atoms with Gasteiger partial charge in [0.15, 0.2) is 0 Å². The minimum atomic E-state index is -0.173. The normalized spacial score (nSPS) is 19.7. The van der Waals surface area contributed by atoms with Crippen LogP contribution in [0.3, 0.4) is 0 Å². The summed E-state index contributed by atoms with van der Waals surface area (Å²) in [6.45, 7) is 5.01. The molecule has 1 saturated heterocycles. The Labute approximate surface area is 91.6 Å². The highest BCUT2D eigenvalue weighted by Crippen LogP contribution is 2.10. The number of ether oxygens (including phenoxy) is 2. The van der Waals surface area contributed by atoms with E-state index >= 15 is 0 Å². The molecule has 1 N–H and O–H groups in total. The number of rotatable bonds is 6. The van der Waals surface area contributed by atoms with Crippen LogP contribution in [0.25, 0.3) is 0 Å². The van der Waals surface area contributed by atoms with Gasteiger partial charge in [-0.1, -0.05) is 6.92 Å². The molecule has 0 saturated carbocycles. The van der Waals surface area contributed by atoms with Crippen molar-refractivity contribution in [2.24, 2.45) is 0 Å². The van der Waals surface area contributed by atoms with Crippen LogP contribution in [0.1, 0.15) is 26.2 Å². The predicted molar refractivity (Wildman–Crippen MR) is 57.5 cm³/mol. The van der Waals surface area contributed by atoms with Gasteiger partial charge < -0.3 is 14.8 Å². The van der Waals surface area contributed by atoms with Crippen LogP contribution in [0.5, 0.6) is 0 Å². The Morgan fingerprint density at radius 1 is 1.53 bits per heavy atom. The molecule has 1 atom stereocenters. The first-order chi connectivity index (χ1) is 7.36. The summed E-state index contributed by atoms with van der Waals surface area (Å²) in [6.07, 6.45) is 3.21. The zero-order valence-electron chi connectivity index (χ0n) is 9.37. The fraction of sp³-hybridized carbons (Fsp3) is 0.909. The maximum atomic E-state index is 8.86. The van der Waals surface area contributed by atoms with Crippen molar-refractivity contribution in [1.82, 2.24) is 5.32 Å². The monoisotopic (exact) mass is 212 g/mol. The second-order valence-electron chi connectivity index (χ2n) is 3.78. The van der Waals surface area contributed by atoms with Crippen LogP contribution in [0.15, 0.2) is 0 Å². The summed E-state index contributed by atoms with van der Waals surface area (Å²) in [6, 6.07) is 2.04. The van der Waals surface area contributed by atoms with E-state index in [2.05, 4.69) is 18.3 Å². The summed E-state index contributed by atoms with van der Waals surface area (Å²) in [4.78, 5) is 0. The van der Waals surface area contributed by atoms with Gasteiger partial charge >= 0.3 is 0 Å². The Bertz CT molecular complexity index is 197. The first kappa shape index (κ1) is 12.4. The topological polar surface area (TPSA) is 54.3 Å². The third kappa shape index (κ3) is 5.12. The lowest BCUT2D eigenvalue weighted by Crippen LogP contribution is -2.35. The molecular weight excluding hydrogens is 192 g/mol. The second-order valence-corrected chi connectivity index (χ2v) is 3.78. The first-order valence-corrected chi connectivity index (χ1v) is 5.69. The van der Waals surface area contributed by atoms with Gasteiger partial charge in [0.1, 0.15) is 6.04 Å². The van der Waals surface area contributed by atoms with Gasteiger partial charge in [-0.05, 0) is 25.8 Å². The van der Waals surface area contributed by atoms with E-state index in [0.29, 0.717) is 6.61 Å². The minimum absolute atomic E-state index is 0.173. The van der Waals surface area contributed by atoms with Gasteiger partial charge in [0.05, 0.1) is 18.8 Å². The number of hydrogen-bond acceptors (Lipinski definition) is 4. The minimum Gasteiger partial charge on any atom is -0.381 e. The largest absolute Gasteiger partial charge is 0.381 e. The van der Waals surface area contributed by atoms with E-state index in [1.807, 2.05) is 0 Å². The first-order valence-electron chi connectivity index (χ1n) is 5.69. The Balaban J connectivity index is 2.12. The van der Waals surface area contributed by atoms with E-state index in [1.165, 1.54) is 0 Å². The molecule has 0 radical (unpaired) electrons. The highest BCUT2D eigenvalue weighted by Gasteiger charge is 2.16. The third-order valence-corrected chi connectivity index (χ3v) is 2.46. The van der Waals surface area contributed by atoms with Gasteiger partial charge in [0.25, 0.3) is 0 Å². The van der Waals surface area contributed by atoms with E-state index in [-0.39, 0.29) is 12.1 Å². The average molecular weight is 212 g/mol. The lowest BCUT2D eigenvalue weighted by molar-refractivity contribution is -0.0345. The van der Waals surface area contributed by atoms with Crippen LogP contribution < -0.4 is 5.32 Å².